The third-order valence-electron chi connectivity index (χ3n) is 4.15. The Kier molecular flexibility index (Phi) is 7.79. The minimum absolute atomic E-state index is 0.159. The molecule has 0 aliphatic rings. The lowest BCUT2D eigenvalue weighted by atomic mass is 10.1. The third kappa shape index (κ3) is 5.78. The summed E-state index contributed by atoms with van der Waals surface area (Å²) in [4.78, 5) is 12.4. The highest BCUT2D eigenvalue weighted by Crippen LogP contribution is 2.28. The first kappa shape index (κ1) is 22.2. The van der Waals surface area contributed by atoms with Gasteiger partial charge in [0.15, 0.2) is 5.16 Å². The van der Waals surface area contributed by atoms with Crippen LogP contribution >= 0.6 is 35.0 Å². The van der Waals surface area contributed by atoms with Crippen LogP contribution in [-0.2, 0) is 17.8 Å². The van der Waals surface area contributed by atoms with Crippen LogP contribution in [0.15, 0.2) is 60.3 Å². The number of amides is 1. The van der Waals surface area contributed by atoms with E-state index in [9.17, 15) is 4.79 Å². The molecule has 1 amide bonds. The Bertz CT molecular complexity index is 1040. The monoisotopic (exact) mass is 462 g/mol. The van der Waals surface area contributed by atoms with Gasteiger partial charge < -0.3 is 14.6 Å². The van der Waals surface area contributed by atoms with Gasteiger partial charge in [0, 0.05) is 23.0 Å². The van der Waals surface area contributed by atoms with Crippen molar-refractivity contribution in [2.45, 2.75) is 18.1 Å². The molecule has 0 fully saturated rings. The topological polar surface area (TPSA) is 69.0 Å². The maximum Gasteiger partial charge on any atom is 0.234 e. The van der Waals surface area contributed by atoms with Crippen LogP contribution < -0.4 is 10.1 Å². The summed E-state index contributed by atoms with van der Waals surface area (Å²) in [5, 5.41) is 13.2. The van der Waals surface area contributed by atoms with E-state index < -0.39 is 0 Å². The number of ether oxygens (including phenoxy) is 1. The van der Waals surface area contributed by atoms with Crippen molar-refractivity contribution in [3.8, 4) is 5.75 Å². The summed E-state index contributed by atoms with van der Waals surface area (Å²) < 4.78 is 7.20. The van der Waals surface area contributed by atoms with Crippen LogP contribution in [0.3, 0.4) is 0 Å². The number of hydrogen-bond acceptors (Lipinski definition) is 5. The highest BCUT2D eigenvalue weighted by atomic mass is 35.5. The number of carbonyl (C=O) groups excluding carboxylic acids is 1. The van der Waals surface area contributed by atoms with Gasteiger partial charge in [-0.25, -0.2) is 0 Å². The molecule has 3 rings (SSSR count). The first-order chi connectivity index (χ1) is 14.5. The number of benzene rings is 2. The van der Waals surface area contributed by atoms with Gasteiger partial charge in [-0.2, -0.15) is 0 Å². The van der Waals surface area contributed by atoms with Gasteiger partial charge in [-0.05, 0) is 35.9 Å². The zero-order valence-corrected chi connectivity index (χ0v) is 18.6. The summed E-state index contributed by atoms with van der Waals surface area (Å²) in [6.45, 7) is 4.35. The molecule has 0 saturated carbocycles. The van der Waals surface area contributed by atoms with Gasteiger partial charge in [0.1, 0.15) is 11.6 Å². The number of carbonyl (C=O) groups is 1. The molecule has 156 valence electrons. The van der Waals surface area contributed by atoms with E-state index in [2.05, 4.69) is 22.1 Å². The summed E-state index contributed by atoms with van der Waals surface area (Å²) in [6, 6.07) is 12.6. The Balaban J connectivity index is 1.68. The number of rotatable bonds is 9. The van der Waals surface area contributed by atoms with Crippen molar-refractivity contribution in [3.63, 3.8) is 0 Å². The molecule has 3 aromatic rings. The molecule has 0 atom stereocenters. The van der Waals surface area contributed by atoms with Gasteiger partial charge in [0.25, 0.3) is 0 Å². The summed E-state index contributed by atoms with van der Waals surface area (Å²) in [6.07, 6.45) is 2.38. The van der Waals surface area contributed by atoms with Crippen molar-refractivity contribution in [1.82, 2.24) is 14.8 Å². The molecular weight excluding hydrogens is 443 g/mol. The van der Waals surface area contributed by atoms with Crippen LogP contribution in [0.4, 0.5) is 5.69 Å². The van der Waals surface area contributed by atoms with Gasteiger partial charge in [-0.3, -0.25) is 4.79 Å². The van der Waals surface area contributed by atoms with E-state index in [0.29, 0.717) is 39.6 Å². The van der Waals surface area contributed by atoms with E-state index >= 15 is 0 Å². The Morgan fingerprint density at radius 2 is 1.93 bits per heavy atom. The Morgan fingerprint density at radius 3 is 2.63 bits per heavy atom. The molecule has 1 N–H and O–H groups in total. The summed E-state index contributed by atoms with van der Waals surface area (Å²) in [5.74, 6) is 1.29. The molecule has 1 heterocycles. The van der Waals surface area contributed by atoms with Gasteiger partial charge in [-0.15, -0.1) is 16.8 Å². The van der Waals surface area contributed by atoms with Crippen LogP contribution in [-0.4, -0.2) is 33.5 Å². The zero-order valence-electron chi connectivity index (χ0n) is 16.3. The average molecular weight is 463 g/mol. The predicted octanol–water partition coefficient (Wildman–Crippen LogP) is 5.10. The van der Waals surface area contributed by atoms with Gasteiger partial charge >= 0.3 is 0 Å². The lowest BCUT2D eigenvalue weighted by Crippen LogP contribution is -2.15. The van der Waals surface area contributed by atoms with Gasteiger partial charge in [0.2, 0.25) is 5.91 Å². The largest absolute Gasteiger partial charge is 0.495 e. The zero-order chi connectivity index (χ0) is 21.5. The number of aromatic nitrogens is 3. The molecule has 0 spiro atoms. The molecule has 0 aliphatic heterocycles. The van der Waals surface area contributed by atoms with E-state index in [4.69, 9.17) is 27.9 Å². The first-order valence-electron chi connectivity index (χ1n) is 9.03. The number of allylic oxidation sites excluding steroid dienone is 1. The second-order valence-corrected chi connectivity index (χ2v) is 8.10. The Morgan fingerprint density at radius 1 is 1.20 bits per heavy atom. The van der Waals surface area contributed by atoms with Crippen molar-refractivity contribution in [2.24, 2.45) is 0 Å². The van der Waals surface area contributed by atoms with E-state index in [1.807, 2.05) is 28.8 Å². The van der Waals surface area contributed by atoms with E-state index in [1.54, 1.807) is 24.3 Å². The lowest BCUT2D eigenvalue weighted by Gasteiger charge is -2.11. The highest BCUT2D eigenvalue weighted by Gasteiger charge is 2.15. The summed E-state index contributed by atoms with van der Waals surface area (Å²) in [7, 11) is 1.54. The van der Waals surface area contributed by atoms with Crippen molar-refractivity contribution < 1.29 is 9.53 Å². The molecule has 2 aromatic carbocycles. The molecule has 0 unspecified atom stereocenters. The fourth-order valence-electron chi connectivity index (χ4n) is 2.75. The second-order valence-electron chi connectivity index (χ2n) is 6.28. The van der Waals surface area contributed by atoms with Crippen LogP contribution in [0.25, 0.3) is 0 Å². The number of hydrogen-bond donors (Lipinski definition) is 1. The number of nitrogens with zero attached hydrogens (tertiary/aromatic N) is 3. The number of anilines is 1. The number of nitrogens with one attached hydrogen (secondary N) is 1. The number of halogens is 2. The second kappa shape index (κ2) is 10.5. The number of thioether (sulfide) groups is 1. The van der Waals surface area contributed by atoms with Crippen molar-refractivity contribution in [2.75, 3.05) is 18.2 Å². The maximum atomic E-state index is 12.4. The third-order valence-corrected chi connectivity index (χ3v) is 5.60. The molecular formula is C21H20Cl2N4O2S. The van der Waals surface area contributed by atoms with E-state index in [1.165, 1.54) is 18.9 Å². The predicted molar refractivity (Wildman–Crippen MR) is 122 cm³/mol. The molecule has 0 aliphatic carbocycles. The van der Waals surface area contributed by atoms with Crippen molar-refractivity contribution in [3.05, 3.63) is 76.6 Å². The molecule has 0 saturated heterocycles. The number of methoxy groups -OCH3 is 1. The van der Waals surface area contributed by atoms with Crippen LogP contribution in [0.1, 0.15) is 11.4 Å². The van der Waals surface area contributed by atoms with Crippen molar-refractivity contribution >= 4 is 46.6 Å². The first-order valence-corrected chi connectivity index (χ1v) is 10.8. The minimum atomic E-state index is -0.201. The highest BCUT2D eigenvalue weighted by molar-refractivity contribution is 7.99. The van der Waals surface area contributed by atoms with Crippen LogP contribution in [0.2, 0.25) is 10.0 Å². The summed E-state index contributed by atoms with van der Waals surface area (Å²) in [5.41, 5.74) is 1.59. The Labute approximate surface area is 189 Å². The smallest absolute Gasteiger partial charge is 0.234 e. The fourth-order valence-corrected chi connectivity index (χ4v) is 3.81. The molecule has 0 radical (unpaired) electrons. The van der Waals surface area contributed by atoms with E-state index in [0.717, 1.165) is 11.4 Å². The molecule has 1 aromatic heterocycles. The maximum absolute atomic E-state index is 12.4. The van der Waals surface area contributed by atoms with E-state index in [-0.39, 0.29) is 11.7 Å². The molecule has 9 heteroatoms. The standard InChI is InChI=1S/C21H20Cl2N4O2S/c1-3-10-27-19(11-14-4-6-15(22)7-5-14)25-26-21(27)30-13-20(28)24-17-12-16(23)8-9-18(17)29-2/h3-9,12H,1,10-11,13H2,2H3,(H,24,28). The fraction of sp³-hybridized carbons (Fsp3) is 0.190. The molecule has 30 heavy (non-hydrogen) atoms. The minimum Gasteiger partial charge on any atom is -0.495 e. The Hall–Kier alpha value is -2.48. The van der Waals surface area contributed by atoms with Gasteiger partial charge in [-0.1, -0.05) is 53.2 Å². The van der Waals surface area contributed by atoms with Crippen LogP contribution in [0, 0.1) is 0 Å². The summed E-state index contributed by atoms with van der Waals surface area (Å²) >= 11 is 13.3. The van der Waals surface area contributed by atoms with Crippen molar-refractivity contribution in [1.29, 1.82) is 0 Å². The van der Waals surface area contributed by atoms with Crippen LogP contribution in [0.5, 0.6) is 5.75 Å². The average Bonchev–Trinajstić information content (AvgIpc) is 3.10. The normalized spacial score (nSPS) is 10.6. The quantitative estimate of drug-likeness (QED) is 0.353. The molecule has 0 bridgehead atoms. The SMILES string of the molecule is C=CCn1c(Cc2ccc(Cl)cc2)nnc1SCC(=O)Nc1cc(Cl)ccc1OC. The molecule has 6 nitrogen and oxygen atoms in total. The van der Waals surface area contributed by atoms with Gasteiger partial charge in [0.05, 0.1) is 18.6 Å². The lowest BCUT2D eigenvalue weighted by molar-refractivity contribution is -0.113.